The molecule has 1 aliphatic rings. The number of nitrogens with one attached hydrogen (secondary N) is 2. The molecule has 1 fully saturated rings. The van der Waals surface area contributed by atoms with Crippen molar-refractivity contribution < 1.29 is 14.5 Å². The first-order valence-electron chi connectivity index (χ1n) is 6.41. The molecule has 0 aromatic heterocycles. The van der Waals surface area contributed by atoms with Crippen LogP contribution in [0.1, 0.15) is 23.7 Å². The average molecular weight is 279 g/mol. The Labute approximate surface area is 116 Å². The maximum absolute atomic E-state index is 12.3. The molecule has 7 nitrogen and oxygen atoms in total. The van der Waals surface area contributed by atoms with Crippen molar-refractivity contribution in [2.75, 3.05) is 19.0 Å². The van der Waals surface area contributed by atoms with Gasteiger partial charge in [0.1, 0.15) is 0 Å². The Morgan fingerprint density at radius 1 is 1.50 bits per heavy atom. The van der Waals surface area contributed by atoms with Gasteiger partial charge in [0.2, 0.25) is 0 Å². The predicted molar refractivity (Wildman–Crippen MR) is 73.9 cm³/mol. The van der Waals surface area contributed by atoms with Gasteiger partial charge in [-0.2, -0.15) is 0 Å². The number of nitrogens with zero attached hydrogens (tertiary/aromatic N) is 1. The van der Waals surface area contributed by atoms with Crippen LogP contribution in [-0.2, 0) is 4.74 Å². The first kappa shape index (κ1) is 14.3. The van der Waals surface area contributed by atoms with E-state index in [9.17, 15) is 14.9 Å². The second-order valence-electron chi connectivity index (χ2n) is 4.68. The molecule has 1 heterocycles. The summed E-state index contributed by atoms with van der Waals surface area (Å²) in [7, 11) is 1.67. The van der Waals surface area contributed by atoms with Crippen LogP contribution in [0.2, 0.25) is 0 Å². The molecule has 1 aliphatic heterocycles. The fourth-order valence-electron chi connectivity index (χ4n) is 2.22. The van der Waals surface area contributed by atoms with Crippen molar-refractivity contribution in [3.05, 3.63) is 33.9 Å². The molecule has 2 N–H and O–H groups in total. The summed E-state index contributed by atoms with van der Waals surface area (Å²) in [4.78, 5) is 22.6. The molecule has 7 heteroatoms. The van der Waals surface area contributed by atoms with E-state index in [0.29, 0.717) is 12.3 Å². The summed E-state index contributed by atoms with van der Waals surface area (Å²) < 4.78 is 5.38. The van der Waals surface area contributed by atoms with Gasteiger partial charge in [0, 0.05) is 31.5 Å². The number of hydrogen-bond acceptors (Lipinski definition) is 5. The number of carbonyl (C=O) groups excluding carboxylic acids is 1. The summed E-state index contributed by atoms with van der Waals surface area (Å²) in [5, 5.41) is 16.5. The molecule has 1 aromatic rings. The summed E-state index contributed by atoms with van der Waals surface area (Å²) in [5.74, 6) is -0.333. The van der Waals surface area contributed by atoms with Crippen molar-refractivity contribution in [3.8, 4) is 0 Å². The van der Waals surface area contributed by atoms with Crippen molar-refractivity contribution in [3.63, 3.8) is 0 Å². The molecule has 0 aliphatic carbocycles. The molecule has 1 saturated heterocycles. The van der Waals surface area contributed by atoms with Gasteiger partial charge in [-0.1, -0.05) is 0 Å². The van der Waals surface area contributed by atoms with Gasteiger partial charge < -0.3 is 15.4 Å². The Hall–Kier alpha value is -2.15. The molecule has 2 rings (SSSR count). The number of ether oxygens (including phenoxy) is 1. The first-order valence-corrected chi connectivity index (χ1v) is 6.41. The standard InChI is InChI=1S/C13H17N3O4/c1-8-11(5-6-20-8)15-13(17)10-7-9(16(18)19)3-4-12(10)14-2/h3-4,7-8,11,14H,5-6H2,1-2H3,(H,15,17). The van der Waals surface area contributed by atoms with Crippen molar-refractivity contribution in [1.82, 2.24) is 5.32 Å². The Morgan fingerprint density at radius 2 is 2.25 bits per heavy atom. The quantitative estimate of drug-likeness (QED) is 0.644. The lowest BCUT2D eigenvalue weighted by molar-refractivity contribution is -0.384. The van der Waals surface area contributed by atoms with Gasteiger partial charge in [0.25, 0.3) is 11.6 Å². The minimum Gasteiger partial charge on any atom is -0.387 e. The molecule has 20 heavy (non-hydrogen) atoms. The van der Waals surface area contributed by atoms with Gasteiger partial charge >= 0.3 is 0 Å². The van der Waals surface area contributed by atoms with Crippen LogP contribution in [0, 0.1) is 10.1 Å². The smallest absolute Gasteiger partial charge is 0.270 e. The van der Waals surface area contributed by atoms with Crippen LogP contribution in [0.25, 0.3) is 0 Å². The van der Waals surface area contributed by atoms with Crippen molar-refractivity contribution in [1.29, 1.82) is 0 Å². The third-order valence-electron chi connectivity index (χ3n) is 3.42. The van der Waals surface area contributed by atoms with E-state index in [1.807, 2.05) is 6.92 Å². The molecule has 0 radical (unpaired) electrons. The van der Waals surface area contributed by atoms with Crippen LogP contribution in [0.15, 0.2) is 18.2 Å². The summed E-state index contributed by atoms with van der Waals surface area (Å²) >= 11 is 0. The molecule has 108 valence electrons. The molecule has 2 unspecified atom stereocenters. The van der Waals surface area contributed by atoms with E-state index in [4.69, 9.17) is 4.74 Å². The summed E-state index contributed by atoms with van der Waals surface area (Å²) in [6.07, 6.45) is 0.701. The molecule has 0 bridgehead atoms. The monoisotopic (exact) mass is 279 g/mol. The summed E-state index contributed by atoms with van der Waals surface area (Å²) in [5.41, 5.74) is 0.713. The summed E-state index contributed by atoms with van der Waals surface area (Å²) in [6.45, 7) is 2.50. The van der Waals surface area contributed by atoms with Gasteiger partial charge in [-0.15, -0.1) is 0 Å². The van der Waals surface area contributed by atoms with Crippen molar-refractivity contribution >= 4 is 17.3 Å². The Bertz CT molecular complexity index is 532. The zero-order valence-corrected chi connectivity index (χ0v) is 11.4. The van der Waals surface area contributed by atoms with Gasteiger partial charge in [-0.05, 0) is 19.4 Å². The Morgan fingerprint density at radius 3 is 2.80 bits per heavy atom. The lowest BCUT2D eigenvalue weighted by Gasteiger charge is -2.17. The number of nitro benzene ring substituents is 1. The highest BCUT2D eigenvalue weighted by atomic mass is 16.6. The largest absolute Gasteiger partial charge is 0.387 e. The zero-order chi connectivity index (χ0) is 14.7. The van der Waals surface area contributed by atoms with Crippen LogP contribution in [0.5, 0.6) is 0 Å². The van der Waals surface area contributed by atoms with Gasteiger partial charge in [0.15, 0.2) is 0 Å². The minimum atomic E-state index is -0.516. The number of non-ortho nitro benzene ring substituents is 1. The lowest BCUT2D eigenvalue weighted by Crippen LogP contribution is -2.39. The number of rotatable bonds is 4. The molecule has 1 aromatic carbocycles. The Kier molecular flexibility index (Phi) is 4.19. The van der Waals surface area contributed by atoms with E-state index in [1.54, 1.807) is 7.05 Å². The van der Waals surface area contributed by atoms with Crippen LogP contribution in [0.4, 0.5) is 11.4 Å². The maximum atomic E-state index is 12.3. The minimum absolute atomic E-state index is 0.0457. The summed E-state index contributed by atoms with van der Waals surface area (Å²) in [6, 6.07) is 4.11. The highest BCUT2D eigenvalue weighted by Crippen LogP contribution is 2.22. The van der Waals surface area contributed by atoms with Crippen LogP contribution in [-0.4, -0.2) is 36.6 Å². The highest BCUT2D eigenvalue weighted by Gasteiger charge is 2.27. The fraction of sp³-hybridized carbons (Fsp3) is 0.462. The van der Waals surface area contributed by atoms with Crippen molar-refractivity contribution in [2.24, 2.45) is 0 Å². The third-order valence-corrected chi connectivity index (χ3v) is 3.42. The number of benzene rings is 1. The van der Waals surface area contributed by atoms with Gasteiger partial charge in [-0.25, -0.2) is 0 Å². The zero-order valence-electron chi connectivity index (χ0n) is 11.4. The highest BCUT2D eigenvalue weighted by molar-refractivity contribution is 6.00. The van der Waals surface area contributed by atoms with E-state index in [2.05, 4.69) is 10.6 Å². The first-order chi connectivity index (χ1) is 9.52. The molecular formula is C13H17N3O4. The van der Waals surface area contributed by atoms with E-state index in [-0.39, 0.29) is 29.3 Å². The normalized spacial score (nSPS) is 21.5. The number of carbonyl (C=O) groups is 1. The van der Waals surface area contributed by atoms with E-state index in [0.717, 1.165) is 6.42 Å². The maximum Gasteiger partial charge on any atom is 0.270 e. The Balaban J connectivity index is 2.23. The number of nitro groups is 1. The molecule has 1 amide bonds. The van der Waals surface area contributed by atoms with E-state index in [1.165, 1.54) is 18.2 Å². The molecular weight excluding hydrogens is 262 g/mol. The SMILES string of the molecule is CNc1ccc([N+](=O)[O-])cc1C(=O)NC1CCOC1C. The second-order valence-corrected chi connectivity index (χ2v) is 4.68. The number of hydrogen-bond donors (Lipinski definition) is 2. The number of anilines is 1. The molecule has 0 spiro atoms. The van der Waals surface area contributed by atoms with Gasteiger partial charge in [0.05, 0.1) is 22.6 Å². The molecule has 0 saturated carbocycles. The molecule has 2 atom stereocenters. The van der Waals surface area contributed by atoms with Gasteiger partial charge in [-0.3, -0.25) is 14.9 Å². The van der Waals surface area contributed by atoms with E-state index >= 15 is 0 Å². The van der Waals surface area contributed by atoms with Crippen molar-refractivity contribution in [2.45, 2.75) is 25.5 Å². The second kappa shape index (κ2) is 5.87. The van der Waals surface area contributed by atoms with E-state index < -0.39 is 4.92 Å². The predicted octanol–water partition coefficient (Wildman–Crippen LogP) is 1.54. The lowest BCUT2D eigenvalue weighted by atomic mass is 10.1. The third kappa shape index (κ3) is 2.88. The average Bonchev–Trinajstić information content (AvgIpc) is 2.83. The fourth-order valence-corrected chi connectivity index (χ4v) is 2.22. The van der Waals surface area contributed by atoms with Crippen LogP contribution < -0.4 is 10.6 Å². The van der Waals surface area contributed by atoms with Crippen LogP contribution >= 0.6 is 0 Å². The number of amides is 1. The van der Waals surface area contributed by atoms with Crippen LogP contribution in [0.3, 0.4) is 0 Å². The topological polar surface area (TPSA) is 93.5 Å².